The van der Waals surface area contributed by atoms with Crippen molar-refractivity contribution in [3.8, 4) is 0 Å². The van der Waals surface area contributed by atoms with Crippen LogP contribution >= 0.6 is 0 Å². The number of aryl methyl sites for hydroxylation is 1. The van der Waals surface area contributed by atoms with E-state index in [0.717, 1.165) is 31.7 Å². The lowest BCUT2D eigenvalue weighted by Crippen LogP contribution is -2.34. The lowest BCUT2D eigenvalue weighted by atomic mass is 10.3. The van der Waals surface area contributed by atoms with E-state index in [1.54, 1.807) is 6.34 Å². The molecule has 112 valence electrons. The number of carboxylic acid groups (broad SMARTS) is 1. The van der Waals surface area contributed by atoms with E-state index in [4.69, 9.17) is 9.84 Å². The van der Waals surface area contributed by atoms with Crippen molar-refractivity contribution >= 4 is 24.3 Å². The molecule has 2 aliphatic rings. The molecule has 0 radical (unpaired) electrons. The van der Waals surface area contributed by atoms with Crippen molar-refractivity contribution in [2.45, 2.75) is 26.0 Å². The van der Waals surface area contributed by atoms with E-state index in [-0.39, 0.29) is 0 Å². The molecule has 0 aliphatic carbocycles. The van der Waals surface area contributed by atoms with E-state index in [0.29, 0.717) is 18.2 Å². The molecule has 0 bridgehead atoms. The molecular formula is C13H17N5O3. The SMILES string of the molecule is Cc1cc(N2CCC[C@H]2OC(=O)O)nc(N2C=NCC2)n1. The number of aromatic nitrogens is 2. The van der Waals surface area contributed by atoms with E-state index < -0.39 is 12.4 Å². The van der Waals surface area contributed by atoms with Crippen molar-refractivity contribution in [3.05, 3.63) is 11.8 Å². The molecule has 0 saturated carbocycles. The van der Waals surface area contributed by atoms with E-state index in [1.165, 1.54) is 0 Å². The van der Waals surface area contributed by atoms with Crippen LogP contribution in [0.5, 0.6) is 0 Å². The Balaban J connectivity index is 1.87. The quantitative estimate of drug-likeness (QED) is 0.838. The number of hydrogen-bond acceptors (Lipinski definition) is 7. The summed E-state index contributed by atoms with van der Waals surface area (Å²) in [6.45, 7) is 4.12. The van der Waals surface area contributed by atoms with Gasteiger partial charge in [-0.1, -0.05) is 0 Å². The first-order valence-electron chi connectivity index (χ1n) is 6.92. The second-order valence-electron chi connectivity index (χ2n) is 5.06. The highest BCUT2D eigenvalue weighted by Gasteiger charge is 2.29. The third-order valence-electron chi connectivity index (χ3n) is 3.51. The summed E-state index contributed by atoms with van der Waals surface area (Å²) in [5.41, 5.74) is 0.830. The van der Waals surface area contributed by atoms with Gasteiger partial charge in [-0.05, 0) is 13.3 Å². The number of nitrogens with zero attached hydrogens (tertiary/aromatic N) is 5. The summed E-state index contributed by atoms with van der Waals surface area (Å²) in [5, 5.41) is 8.81. The molecule has 1 aromatic rings. The summed E-state index contributed by atoms with van der Waals surface area (Å²) in [6.07, 6.45) is 1.55. The minimum absolute atomic E-state index is 0.475. The zero-order valence-electron chi connectivity index (χ0n) is 11.8. The van der Waals surface area contributed by atoms with Crippen LogP contribution in [0.25, 0.3) is 0 Å². The summed E-state index contributed by atoms with van der Waals surface area (Å²) in [5.74, 6) is 1.29. The lowest BCUT2D eigenvalue weighted by Gasteiger charge is -2.25. The first-order chi connectivity index (χ1) is 10.1. The van der Waals surface area contributed by atoms with Gasteiger partial charge in [0, 0.05) is 31.3 Å². The average Bonchev–Trinajstić information content (AvgIpc) is 3.07. The molecule has 0 unspecified atom stereocenters. The molecular weight excluding hydrogens is 274 g/mol. The van der Waals surface area contributed by atoms with Crippen LogP contribution in [0, 0.1) is 6.92 Å². The maximum Gasteiger partial charge on any atom is 0.507 e. The van der Waals surface area contributed by atoms with Crippen molar-refractivity contribution < 1.29 is 14.6 Å². The zero-order valence-corrected chi connectivity index (χ0v) is 11.8. The van der Waals surface area contributed by atoms with Crippen LogP contribution in [-0.2, 0) is 4.74 Å². The van der Waals surface area contributed by atoms with Crippen molar-refractivity contribution in [1.82, 2.24) is 9.97 Å². The van der Waals surface area contributed by atoms with Crippen LogP contribution < -0.4 is 9.80 Å². The predicted octanol–water partition coefficient (Wildman–Crippen LogP) is 1.25. The van der Waals surface area contributed by atoms with Crippen LogP contribution in [0.15, 0.2) is 11.1 Å². The number of hydrogen-bond donors (Lipinski definition) is 1. The highest BCUT2D eigenvalue weighted by atomic mass is 16.7. The summed E-state index contributed by atoms with van der Waals surface area (Å²) in [7, 11) is 0. The minimum Gasteiger partial charge on any atom is -0.450 e. The van der Waals surface area contributed by atoms with Crippen molar-refractivity contribution in [3.63, 3.8) is 0 Å². The summed E-state index contributed by atoms with van der Waals surface area (Å²) >= 11 is 0. The average molecular weight is 291 g/mol. The first kappa shape index (κ1) is 13.6. The number of rotatable bonds is 3. The summed E-state index contributed by atoms with van der Waals surface area (Å²) in [4.78, 5) is 27.6. The number of ether oxygens (including phenoxy) is 1. The molecule has 1 N–H and O–H groups in total. The molecule has 8 nitrogen and oxygen atoms in total. The number of aliphatic imine (C=N–C) groups is 1. The molecule has 1 fully saturated rings. The second-order valence-corrected chi connectivity index (χ2v) is 5.06. The highest BCUT2D eigenvalue weighted by molar-refractivity contribution is 5.78. The van der Waals surface area contributed by atoms with Gasteiger partial charge in [0.25, 0.3) is 0 Å². The molecule has 1 aromatic heterocycles. The number of carbonyl (C=O) groups is 1. The maximum atomic E-state index is 10.8. The summed E-state index contributed by atoms with van der Waals surface area (Å²) < 4.78 is 4.93. The Morgan fingerprint density at radius 1 is 1.43 bits per heavy atom. The third kappa shape index (κ3) is 2.88. The van der Waals surface area contributed by atoms with Crippen molar-refractivity contribution in [2.24, 2.45) is 4.99 Å². The smallest absolute Gasteiger partial charge is 0.450 e. The Morgan fingerprint density at radius 3 is 3.00 bits per heavy atom. The molecule has 0 amide bonds. The normalized spacial score (nSPS) is 21.1. The second kappa shape index (κ2) is 5.55. The monoisotopic (exact) mass is 291 g/mol. The molecule has 1 saturated heterocycles. The Hall–Kier alpha value is -2.38. The van der Waals surface area contributed by atoms with E-state index in [1.807, 2.05) is 22.8 Å². The molecule has 3 heterocycles. The maximum absolute atomic E-state index is 10.8. The van der Waals surface area contributed by atoms with E-state index in [9.17, 15) is 4.79 Å². The fourth-order valence-corrected chi connectivity index (χ4v) is 2.58. The third-order valence-corrected chi connectivity index (χ3v) is 3.51. The van der Waals surface area contributed by atoms with Gasteiger partial charge in [0.2, 0.25) is 5.95 Å². The van der Waals surface area contributed by atoms with Gasteiger partial charge in [-0.3, -0.25) is 9.89 Å². The zero-order chi connectivity index (χ0) is 14.8. The Labute approximate surface area is 122 Å². The van der Waals surface area contributed by atoms with Gasteiger partial charge in [0.1, 0.15) is 5.82 Å². The first-order valence-corrected chi connectivity index (χ1v) is 6.92. The summed E-state index contributed by atoms with van der Waals surface area (Å²) in [6, 6.07) is 1.85. The standard InChI is InChI=1S/C13H17N5O3/c1-9-7-10(16-12(15-9)17-6-4-14-8-17)18-5-2-3-11(18)21-13(19)20/h7-8,11H,2-6H2,1H3,(H,19,20)/t11-/m1/s1. The van der Waals surface area contributed by atoms with Crippen molar-refractivity contribution in [2.75, 3.05) is 29.4 Å². The largest absolute Gasteiger partial charge is 0.507 e. The predicted molar refractivity (Wildman–Crippen MR) is 77.0 cm³/mol. The Bertz CT molecular complexity index is 577. The Kier molecular flexibility index (Phi) is 3.59. The van der Waals surface area contributed by atoms with Gasteiger partial charge in [0.05, 0.1) is 12.9 Å². The van der Waals surface area contributed by atoms with Gasteiger partial charge < -0.3 is 14.7 Å². The topological polar surface area (TPSA) is 91.1 Å². The van der Waals surface area contributed by atoms with Gasteiger partial charge in [-0.2, -0.15) is 4.98 Å². The lowest BCUT2D eigenvalue weighted by molar-refractivity contribution is 0.0556. The van der Waals surface area contributed by atoms with Gasteiger partial charge in [-0.25, -0.2) is 9.78 Å². The minimum atomic E-state index is -1.26. The molecule has 2 aliphatic heterocycles. The van der Waals surface area contributed by atoms with Crippen molar-refractivity contribution in [1.29, 1.82) is 0 Å². The molecule has 8 heteroatoms. The van der Waals surface area contributed by atoms with Gasteiger partial charge in [-0.15, -0.1) is 0 Å². The van der Waals surface area contributed by atoms with Crippen LogP contribution in [0.4, 0.5) is 16.6 Å². The fourth-order valence-electron chi connectivity index (χ4n) is 2.58. The Morgan fingerprint density at radius 2 is 2.29 bits per heavy atom. The van der Waals surface area contributed by atoms with Crippen LogP contribution in [-0.4, -0.2) is 53.4 Å². The van der Waals surface area contributed by atoms with Gasteiger partial charge in [0.15, 0.2) is 6.23 Å². The highest BCUT2D eigenvalue weighted by Crippen LogP contribution is 2.26. The van der Waals surface area contributed by atoms with Crippen LogP contribution in [0.3, 0.4) is 0 Å². The fraction of sp³-hybridized carbons (Fsp3) is 0.538. The molecule has 3 rings (SSSR count). The number of anilines is 2. The molecule has 0 aromatic carbocycles. The van der Waals surface area contributed by atoms with Crippen LogP contribution in [0.2, 0.25) is 0 Å². The van der Waals surface area contributed by atoms with E-state index in [2.05, 4.69) is 15.0 Å². The molecule has 0 spiro atoms. The molecule has 21 heavy (non-hydrogen) atoms. The van der Waals surface area contributed by atoms with Gasteiger partial charge >= 0.3 is 6.16 Å². The van der Waals surface area contributed by atoms with E-state index >= 15 is 0 Å². The molecule has 1 atom stereocenters. The van der Waals surface area contributed by atoms with Crippen LogP contribution in [0.1, 0.15) is 18.5 Å².